The van der Waals surface area contributed by atoms with E-state index in [1.165, 1.54) is 27.5 Å². The third-order valence-corrected chi connectivity index (χ3v) is 3.96. The van der Waals surface area contributed by atoms with Gasteiger partial charge >= 0.3 is 0 Å². The number of rotatable bonds is 2. The number of hydrogen-bond acceptors (Lipinski definition) is 1. The highest BCUT2D eigenvalue weighted by Gasteiger charge is 2.13. The maximum absolute atomic E-state index is 4.60. The fraction of sp³-hybridized carbons (Fsp3) is 0.0500. The highest BCUT2D eigenvalue weighted by molar-refractivity contribution is 6.09. The molecule has 0 radical (unpaired) electrons. The number of allylic oxidation sites excluding steroid dienone is 1. The van der Waals surface area contributed by atoms with Gasteiger partial charge in [0.25, 0.3) is 0 Å². The fourth-order valence-corrected chi connectivity index (χ4v) is 2.80. The van der Waals surface area contributed by atoms with Gasteiger partial charge < -0.3 is 0 Å². The van der Waals surface area contributed by atoms with E-state index in [2.05, 4.69) is 71.7 Å². The zero-order valence-electron chi connectivity index (χ0n) is 11.7. The van der Waals surface area contributed by atoms with Gasteiger partial charge in [0.2, 0.25) is 0 Å². The van der Waals surface area contributed by atoms with Gasteiger partial charge in [0.05, 0.1) is 5.71 Å². The molecule has 0 atom stereocenters. The van der Waals surface area contributed by atoms with Gasteiger partial charge in [0, 0.05) is 12.6 Å². The lowest BCUT2D eigenvalue weighted by atomic mass is 9.97. The molecule has 0 aliphatic carbocycles. The second-order valence-corrected chi connectivity index (χ2v) is 5.33. The zero-order chi connectivity index (χ0) is 14.1. The van der Waals surface area contributed by atoms with Crippen molar-refractivity contribution in [2.45, 2.75) is 6.42 Å². The first-order valence-corrected chi connectivity index (χ1v) is 7.20. The molecule has 0 aromatic heterocycles. The van der Waals surface area contributed by atoms with Gasteiger partial charge in [-0.1, -0.05) is 66.7 Å². The second kappa shape index (κ2) is 5.02. The van der Waals surface area contributed by atoms with Crippen molar-refractivity contribution in [3.05, 3.63) is 90.1 Å². The molecule has 0 fully saturated rings. The summed E-state index contributed by atoms with van der Waals surface area (Å²) >= 11 is 0. The normalized spacial score (nSPS) is 14.1. The fourth-order valence-electron chi connectivity index (χ4n) is 2.80. The molecule has 3 aromatic carbocycles. The van der Waals surface area contributed by atoms with E-state index in [4.69, 9.17) is 0 Å². The maximum Gasteiger partial charge on any atom is 0.0520 e. The van der Waals surface area contributed by atoms with Crippen LogP contribution < -0.4 is 0 Å². The SMILES string of the molecule is C1=C(c2ccc3ccccc3c2)CC(c2ccccc2)=N1. The third-order valence-electron chi connectivity index (χ3n) is 3.96. The van der Waals surface area contributed by atoms with E-state index in [1.807, 2.05) is 12.3 Å². The Bertz CT molecular complexity index is 857. The Morgan fingerprint density at radius 3 is 2.29 bits per heavy atom. The summed E-state index contributed by atoms with van der Waals surface area (Å²) in [5, 5.41) is 2.56. The molecule has 4 rings (SSSR count). The minimum atomic E-state index is 0.905. The van der Waals surface area contributed by atoms with Crippen LogP contribution in [0.1, 0.15) is 17.5 Å². The van der Waals surface area contributed by atoms with Crippen molar-refractivity contribution in [2.75, 3.05) is 0 Å². The molecule has 0 bridgehead atoms. The van der Waals surface area contributed by atoms with Crippen molar-refractivity contribution >= 4 is 22.1 Å². The molecule has 1 heterocycles. The van der Waals surface area contributed by atoms with Gasteiger partial charge in [-0.3, -0.25) is 4.99 Å². The van der Waals surface area contributed by atoms with Crippen LogP contribution in [0.4, 0.5) is 0 Å². The average molecular weight is 269 g/mol. The van der Waals surface area contributed by atoms with Crippen LogP contribution >= 0.6 is 0 Å². The second-order valence-electron chi connectivity index (χ2n) is 5.33. The predicted molar refractivity (Wildman–Crippen MR) is 89.5 cm³/mol. The summed E-state index contributed by atoms with van der Waals surface area (Å²) in [6, 6.07) is 25.5. The topological polar surface area (TPSA) is 12.4 Å². The monoisotopic (exact) mass is 269 g/mol. The molecule has 3 aromatic rings. The lowest BCUT2D eigenvalue weighted by Gasteiger charge is -2.06. The first-order chi connectivity index (χ1) is 10.4. The van der Waals surface area contributed by atoms with Crippen LogP contribution in [0.2, 0.25) is 0 Å². The van der Waals surface area contributed by atoms with E-state index in [0.29, 0.717) is 0 Å². The molecule has 0 unspecified atom stereocenters. The Labute approximate surface area is 124 Å². The first kappa shape index (κ1) is 12.1. The molecule has 1 aliphatic heterocycles. The van der Waals surface area contributed by atoms with Crippen LogP contribution in [0.25, 0.3) is 16.3 Å². The Hall–Kier alpha value is -2.67. The largest absolute Gasteiger partial charge is 0.260 e. The van der Waals surface area contributed by atoms with Gasteiger partial charge in [-0.15, -0.1) is 0 Å². The number of fused-ring (bicyclic) bond motifs is 1. The van der Waals surface area contributed by atoms with Gasteiger partial charge in [0.1, 0.15) is 0 Å². The van der Waals surface area contributed by atoms with Crippen molar-refractivity contribution in [2.24, 2.45) is 4.99 Å². The first-order valence-electron chi connectivity index (χ1n) is 7.20. The molecular formula is C20H15N. The molecule has 1 aliphatic rings. The molecule has 100 valence electrons. The smallest absolute Gasteiger partial charge is 0.0520 e. The Morgan fingerprint density at radius 2 is 1.43 bits per heavy atom. The van der Waals surface area contributed by atoms with E-state index < -0.39 is 0 Å². The van der Waals surface area contributed by atoms with Crippen LogP contribution in [0, 0.1) is 0 Å². The van der Waals surface area contributed by atoms with E-state index >= 15 is 0 Å². The van der Waals surface area contributed by atoms with E-state index in [9.17, 15) is 0 Å². The summed E-state index contributed by atoms with van der Waals surface area (Å²) in [6.45, 7) is 0. The number of nitrogens with zero attached hydrogens (tertiary/aromatic N) is 1. The molecule has 1 nitrogen and oxygen atoms in total. The van der Waals surface area contributed by atoms with Gasteiger partial charge in [-0.2, -0.15) is 0 Å². The maximum atomic E-state index is 4.60. The molecular weight excluding hydrogens is 254 g/mol. The summed E-state index contributed by atoms with van der Waals surface area (Å²) in [7, 11) is 0. The zero-order valence-corrected chi connectivity index (χ0v) is 11.7. The van der Waals surface area contributed by atoms with E-state index in [1.54, 1.807) is 0 Å². The van der Waals surface area contributed by atoms with Gasteiger partial charge in [0.15, 0.2) is 0 Å². The number of hydrogen-bond donors (Lipinski definition) is 0. The lowest BCUT2D eigenvalue weighted by Crippen LogP contribution is -1.97. The molecule has 0 saturated carbocycles. The van der Waals surface area contributed by atoms with Crippen molar-refractivity contribution < 1.29 is 0 Å². The van der Waals surface area contributed by atoms with Crippen LogP contribution in [0.5, 0.6) is 0 Å². The molecule has 0 saturated heterocycles. The highest BCUT2D eigenvalue weighted by atomic mass is 14.7. The summed E-state index contributed by atoms with van der Waals surface area (Å²) in [5.74, 6) is 0. The van der Waals surface area contributed by atoms with Crippen molar-refractivity contribution in [3.8, 4) is 0 Å². The van der Waals surface area contributed by atoms with Crippen molar-refractivity contribution in [3.63, 3.8) is 0 Å². The van der Waals surface area contributed by atoms with Crippen molar-refractivity contribution in [1.29, 1.82) is 0 Å². The van der Waals surface area contributed by atoms with Crippen LogP contribution in [0.15, 0.2) is 84.0 Å². The Kier molecular flexibility index (Phi) is 2.89. The standard InChI is InChI=1S/C20H15N/c1-2-7-16(8-3-1)20-13-19(14-21-20)18-11-10-15-6-4-5-9-17(15)12-18/h1-12,14H,13H2. The Balaban J connectivity index is 1.63. The minimum Gasteiger partial charge on any atom is -0.260 e. The van der Waals surface area contributed by atoms with E-state index in [-0.39, 0.29) is 0 Å². The molecule has 21 heavy (non-hydrogen) atoms. The quantitative estimate of drug-likeness (QED) is 0.615. The molecule has 1 heteroatoms. The van der Waals surface area contributed by atoms with Crippen LogP contribution in [-0.2, 0) is 0 Å². The minimum absolute atomic E-state index is 0.905. The van der Waals surface area contributed by atoms with Gasteiger partial charge in [-0.25, -0.2) is 0 Å². The number of benzene rings is 3. The summed E-state index contributed by atoms with van der Waals surface area (Å²) in [5.41, 5.74) is 4.92. The molecule has 0 spiro atoms. The third kappa shape index (κ3) is 2.27. The molecule has 0 N–H and O–H groups in total. The average Bonchev–Trinajstić information content (AvgIpc) is 3.05. The predicted octanol–water partition coefficient (Wildman–Crippen LogP) is 5.07. The lowest BCUT2D eigenvalue weighted by molar-refractivity contribution is 1.48. The molecule has 0 amide bonds. The summed E-state index contributed by atoms with van der Waals surface area (Å²) in [6.07, 6.45) is 2.91. The van der Waals surface area contributed by atoms with Crippen LogP contribution in [-0.4, -0.2) is 5.71 Å². The Morgan fingerprint density at radius 1 is 0.667 bits per heavy atom. The number of aliphatic imine (C=N–C) groups is 1. The summed E-state index contributed by atoms with van der Waals surface area (Å²) < 4.78 is 0. The van der Waals surface area contributed by atoms with Crippen molar-refractivity contribution in [1.82, 2.24) is 0 Å². The summed E-state index contributed by atoms with van der Waals surface area (Å²) in [4.78, 5) is 4.60. The van der Waals surface area contributed by atoms with Crippen LogP contribution in [0.3, 0.4) is 0 Å². The highest BCUT2D eigenvalue weighted by Crippen LogP contribution is 2.28. The van der Waals surface area contributed by atoms with E-state index in [0.717, 1.165) is 12.1 Å². The van der Waals surface area contributed by atoms with Gasteiger partial charge in [-0.05, 0) is 33.5 Å².